The second-order valence-corrected chi connectivity index (χ2v) is 5.35. The first-order valence-corrected chi connectivity index (χ1v) is 7.38. The van der Waals surface area contributed by atoms with Crippen LogP contribution in [0.4, 0.5) is 4.39 Å². The fraction of sp³-hybridized carbons (Fsp3) is 0.105. The molecule has 0 N–H and O–H groups in total. The van der Waals surface area contributed by atoms with Crippen molar-refractivity contribution >= 4 is 5.78 Å². The number of benzene rings is 1. The van der Waals surface area contributed by atoms with Crippen LogP contribution in [0, 0.1) is 17.1 Å². The Morgan fingerprint density at radius 1 is 1.17 bits per heavy atom. The fourth-order valence-corrected chi connectivity index (χ4v) is 2.62. The van der Waals surface area contributed by atoms with Crippen molar-refractivity contribution in [1.82, 2.24) is 9.55 Å². The predicted octanol–water partition coefficient (Wildman–Crippen LogP) is 3.72. The van der Waals surface area contributed by atoms with Gasteiger partial charge in [-0.05, 0) is 54.1 Å². The average Bonchev–Trinajstić information content (AvgIpc) is 2.99. The number of halogens is 1. The molecule has 0 amide bonds. The van der Waals surface area contributed by atoms with Crippen LogP contribution in [-0.2, 0) is 7.05 Å². The number of hydrogen-bond acceptors (Lipinski definition) is 3. The molecule has 4 nitrogen and oxygen atoms in total. The van der Waals surface area contributed by atoms with Gasteiger partial charge in [0.05, 0.1) is 17.5 Å². The van der Waals surface area contributed by atoms with E-state index in [1.807, 2.05) is 6.07 Å². The first-order valence-electron chi connectivity index (χ1n) is 7.38. The first kappa shape index (κ1) is 15.6. The molecule has 0 radical (unpaired) electrons. The van der Waals surface area contributed by atoms with E-state index < -0.39 is 5.92 Å². The summed E-state index contributed by atoms with van der Waals surface area (Å²) in [4.78, 5) is 16.9. The van der Waals surface area contributed by atoms with Gasteiger partial charge in [0.1, 0.15) is 5.82 Å². The molecule has 0 unspecified atom stereocenters. The molecule has 3 aromatic rings. The molecule has 3 rings (SSSR count). The van der Waals surface area contributed by atoms with Gasteiger partial charge in [-0.15, -0.1) is 0 Å². The van der Waals surface area contributed by atoms with Crippen molar-refractivity contribution in [2.75, 3.05) is 0 Å². The highest BCUT2D eigenvalue weighted by molar-refractivity contribution is 6.02. The van der Waals surface area contributed by atoms with Gasteiger partial charge >= 0.3 is 0 Å². The summed E-state index contributed by atoms with van der Waals surface area (Å²) in [6, 6.07) is 16.7. The maximum Gasteiger partial charge on any atom is 0.202 e. The molecular formula is C19H14FN3O. The van der Waals surface area contributed by atoms with Crippen molar-refractivity contribution in [3.05, 3.63) is 78.0 Å². The zero-order valence-electron chi connectivity index (χ0n) is 13.0. The number of aromatic nitrogens is 2. The van der Waals surface area contributed by atoms with E-state index in [1.54, 1.807) is 60.3 Å². The third kappa shape index (κ3) is 2.82. The van der Waals surface area contributed by atoms with E-state index in [2.05, 4.69) is 4.98 Å². The molecule has 0 fully saturated rings. The molecule has 0 saturated carbocycles. The molecule has 0 aliphatic heterocycles. The van der Waals surface area contributed by atoms with Gasteiger partial charge in [0.2, 0.25) is 5.78 Å². The quantitative estimate of drug-likeness (QED) is 0.689. The van der Waals surface area contributed by atoms with Gasteiger partial charge in [0, 0.05) is 18.9 Å². The second kappa shape index (κ2) is 6.47. The highest BCUT2D eigenvalue weighted by atomic mass is 19.1. The monoisotopic (exact) mass is 319 g/mol. The lowest BCUT2D eigenvalue weighted by molar-refractivity contribution is 0.0970. The Kier molecular flexibility index (Phi) is 4.21. The summed E-state index contributed by atoms with van der Waals surface area (Å²) in [6.07, 6.45) is 1.56. The Hall–Kier alpha value is -3.26. The Bertz CT molecular complexity index is 908. The van der Waals surface area contributed by atoms with Crippen LogP contribution in [0.15, 0.2) is 60.8 Å². The molecule has 0 saturated heterocycles. The number of carbonyl (C=O) groups excluding carboxylic acids is 1. The lowest BCUT2D eigenvalue weighted by atomic mass is 9.99. The highest BCUT2D eigenvalue weighted by Crippen LogP contribution is 2.25. The molecule has 118 valence electrons. The van der Waals surface area contributed by atoms with Gasteiger partial charge in [0.15, 0.2) is 5.92 Å². The van der Waals surface area contributed by atoms with Gasteiger partial charge in [0.25, 0.3) is 0 Å². The Balaban J connectivity index is 1.97. The van der Waals surface area contributed by atoms with Crippen LogP contribution in [0.1, 0.15) is 22.1 Å². The molecule has 0 bridgehead atoms. The molecule has 0 aliphatic rings. The Morgan fingerprint density at radius 2 is 1.92 bits per heavy atom. The lowest BCUT2D eigenvalue weighted by Gasteiger charge is -2.10. The summed E-state index contributed by atoms with van der Waals surface area (Å²) in [6.45, 7) is 0. The van der Waals surface area contributed by atoms with Crippen molar-refractivity contribution < 1.29 is 9.18 Å². The summed E-state index contributed by atoms with van der Waals surface area (Å²) in [5.74, 6) is -1.59. The maximum absolute atomic E-state index is 13.1. The molecule has 1 atom stereocenters. The van der Waals surface area contributed by atoms with E-state index in [1.165, 1.54) is 12.1 Å². The average molecular weight is 319 g/mol. The standard InChI is InChI=1S/C19H14FN3O/c1-23-17(13-5-7-14(20)8-6-13)9-10-18(23)19(24)15(12-21)16-4-2-3-11-22-16/h2-11,15H,1H3/t15-/m0/s1. The highest BCUT2D eigenvalue weighted by Gasteiger charge is 2.25. The minimum Gasteiger partial charge on any atom is -0.341 e. The number of pyridine rings is 1. The Morgan fingerprint density at radius 3 is 2.54 bits per heavy atom. The smallest absolute Gasteiger partial charge is 0.202 e. The zero-order chi connectivity index (χ0) is 17.1. The molecule has 24 heavy (non-hydrogen) atoms. The zero-order valence-corrected chi connectivity index (χ0v) is 13.0. The predicted molar refractivity (Wildman–Crippen MR) is 87.7 cm³/mol. The van der Waals surface area contributed by atoms with E-state index in [0.29, 0.717) is 11.4 Å². The topological polar surface area (TPSA) is 58.7 Å². The summed E-state index contributed by atoms with van der Waals surface area (Å²) in [5.41, 5.74) is 2.40. The van der Waals surface area contributed by atoms with Crippen LogP contribution >= 0.6 is 0 Å². The molecule has 5 heteroatoms. The lowest BCUT2D eigenvalue weighted by Crippen LogP contribution is -2.16. The second-order valence-electron chi connectivity index (χ2n) is 5.35. The van der Waals surface area contributed by atoms with Crippen LogP contribution in [0.5, 0.6) is 0 Å². The molecule has 1 aromatic carbocycles. The van der Waals surface area contributed by atoms with Gasteiger partial charge in [-0.3, -0.25) is 9.78 Å². The van der Waals surface area contributed by atoms with Crippen molar-refractivity contribution in [2.24, 2.45) is 7.05 Å². The van der Waals surface area contributed by atoms with Crippen molar-refractivity contribution in [3.8, 4) is 17.3 Å². The van der Waals surface area contributed by atoms with Crippen LogP contribution in [0.25, 0.3) is 11.3 Å². The minimum atomic E-state index is -0.958. The van der Waals surface area contributed by atoms with Crippen molar-refractivity contribution in [1.29, 1.82) is 5.26 Å². The number of rotatable bonds is 4. The number of nitriles is 1. The summed E-state index contributed by atoms with van der Waals surface area (Å²) >= 11 is 0. The van der Waals surface area contributed by atoms with Crippen LogP contribution in [-0.4, -0.2) is 15.3 Å². The van der Waals surface area contributed by atoms with E-state index in [-0.39, 0.29) is 11.6 Å². The van der Waals surface area contributed by atoms with E-state index in [4.69, 9.17) is 0 Å². The van der Waals surface area contributed by atoms with Gasteiger partial charge in [-0.25, -0.2) is 4.39 Å². The molecule has 0 spiro atoms. The van der Waals surface area contributed by atoms with Crippen LogP contribution in [0.3, 0.4) is 0 Å². The molecule has 0 aliphatic carbocycles. The molecular weight excluding hydrogens is 305 g/mol. The maximum atomic E-state index is 13.1. The van der Waals surface area contributed by atoms with Gasteiger partial charge in [-0.1, -0.05) is 6.07 Å². The van der Waals surface area contributed by atoms with Crippen molar-refractivity contribution in [3.63, 3.8) is 0 Å². The summed E-state index contributed by atoms with van der Waals surface area (Å²) in [5, 5.41) is 9.39. The number of carbonyl (C=O) groups is 1. The fourth-order valence-electron chi connectivity index (χ4n) is 2.62. The van der Waals surface area contributed by atoms with E-state index in [9.17, 15) is 14.4 Å². The minimum absolute atomic E-state index is 0.313. The third-order valence-electron chi connectivity index (χ3n) is 3.89. The van der Waals surface area contributed by atoms with E-state index >= 15 is 0 Å². The Labute approximate surface area is 138 Å². The van der Waals surface area contributed by atoms with Gasteiger partial charge in [-0.2, -0.15) is 5.26 Å². The van der Waals surface area contributed by atoms with Crippen LogP contribution in [0.2, 0.25) is 0 Å². The number of ketones is 1. The molecule has 2 aromatic heterocycles. The number of Topliss-reactive ketones (excluding diaryl/α,β-unsaturated/α-hetero) is 1. The summed E-state index contributed by atoms with van der Waals surface area (Å²) in [7, 11) is 1.75. The van der Waals surface area contributed by atoms with Crippen molar-refractivity contribution in [2.45, 2.75) is 5.92 Å². The van der Waals surface area contributed by atoms with E-state index in [0.717, 1.165) is 11.3 Å². The first-order chi connectivity index (χ1) is 11.6. The summed E-state index contributed by atoms with van der Waals surface area (Å²) < 4.78 is 14.8. The van der Waals surface area contributed by atoms with Crippen LogP contribution < -0.4 is 0 Å². The molecule has 2 heterocycles. The normalized spacial score (nSPS) is 11.7. The SMILES string of the molecule is Cn1c(C(=O)[C@@H](C#N)c2ccccn2)ccc1-c1ccc(F)cc1. The number of nitrogens with zero attached hydrogens (tertiary/aromatic N) is 3. The third-order valence-corrected chi connectivity index (χ3v) is 3.89. The van der Waals surface area contributed by atoms with Gasteiger partial charge < -0.3 is 4.57 Å². The largest absolute Gasteiger partial charge is 0.341 e. The number of hydrogen-bond donors (Lipinski definition) is 0.